The number of hydrogen-bond donors (Lipinski definition) is 2. The molecule has 39 heavy (non-hydrogen) atoms. The van der Waals surface area contributed by atoms with Crippen LogP contribution in [0.25, 0.3) is 0 Å². The number of carbonyl (C=O) groups excluding carboxylic acids is 2. The van der Waals surface area contributed by atoms with E-state index in [0.29, 0.717) is 50.6 Å². The van der Waals surface area contributed by atoms with Gasteiger partial charge in [0.25, 0.3) is 0 Å². The lowest BCUT2D eigenvalue weighted by atomic mass is 9.87. The Morgan fingerprint density at radius 1 is 0.949 bits per heavy atom. The van der Waals surface area contributed by atoms with Crippen LogP contribution in [0, 0.1) is 23.2 Å². The Morgan fingerprint density at radius 2 is 1.69 bits per heavy atom. The van der Waals surface area contributed by atoms with Crippen molar-refractivity contribution < 1.29 is 9.59 Å². The van der Waals surface area contributed by atoms with Crippen molar-refractivity contribution >= 4 is 11.8 Å². The number of likely N-dealkylation sites (tertiary alicyclic amines) is 1. The van der Waals surface area contributed by atoms with Gasteiger partial charge < -0.3 is 20.1 Å². The van der Waals surface area contributed by atoms with Gasteiger partial charge in [0, 0.05) is 57.1 Å². The van der Waals surface area contributed by atoms with Crippen LogP contribution in [0.15, 0.2) is 67.1 Å². The molecule has 2 atom stereocenters. The van der Waals surface area contributed by atoms with Gasteiger partial charge in [-0.25, -0.2) is 4.98 Å². The Bertz CT molecular complexity index is 1290. The van der Waals surface area contributed by atoms with E-state index in [1.54, 1.807) is 6.33 Å². The second-order valence-electron chi connectivity index (χ2n) is 10.8. The third-order valence-electron chi connectivity index (χ3n) is 7.67. The zero-order valence-corrected chi connectivity index (χ0v) is 22.3. The zero-order chi connectivity index (χ0) is 27.0. The van der Waals surface area contributed by atoms with E-state index in [2.05, 4.69) is 43.3 Å². The first kappa shape index (κ1) is 26.6. The molecule has 0 spiro atoms. The fourth-order valence-electron chi connectivity index (χ4n) is 5.27. The Kier molecular flexibility index (Phi) is 8.69. The SMILES string of the molecule is N#Cc1ccc(Cn2cncc2CCNC(=O)[C@@H]2C[C@H](C(=O)NC3CC3)CN(CCc3ccccc3)C2)cc1. The van der Waals surface area contributed by atoms with Gasteiger partial charge in [0.15, 0.2) is 0 Å². The summed E-state index contributed by atoms with van der Waals surface area (Å²) in [6.07, 6.45) is 7.89. The molecule has 2 amide bonds. The minimum absolute atomic E-state index is 0.0155. The molecule has 2 heterocycles. The summed E-state index contributed by atoms with van der Waals surface area (Å²) in [6.45, 7) is 3.37. The van der Waals surface area contributed by atoms with Gasteiger partial charge in [0.05, 0.1) is 29.8 Å². The monoisotopic (exact) mass is 524 g/mol. The van der Waals surface area contributed by atoms with Crippen LogP contribution < -0.4 is 10.6 Å². The highest BCUT2D eigenvalue weighted by Crippen LogP contribution is 2.25. The van der Waals surface area contributed by atoms with Crippen molar-refractivity contribution in [2.24, 2.45) is 11.8 Å². The zero-order valence-electron chi connectivity index (χ0n) is 22.3. The summed E-state index contributed by atoms with van der Waals surface area (Å²) in [5, 5.41) is 15.3. The standard InChI is InChI=1S/C31H36N6O2/c32-17-24-6-8-25(9-7-24)19-37-22-33-18-29(37)12-14-34-30(38)26-16-27(31(39)35-28-10-11-28)21-36(20-26)15-13-23-4-2-1-3-5-23/h1-9,18,22,26-28H,10-16,19-21H2,(H,34,38)(H,35,39)/t26-,27+/m1/s1. The number of nitrogens with zero attached hydrogens (tertiary/aromatic N) is 4. The minimum atomic E-state index is -0.215. The second kappa shape index (κ2) is 12.7. The lowest BCUT2D eigenvalue weighted by Crippen LogP contribution is -2.51. The van der Waals surface area contributed by atoms with E-state index in [-0.39, 0.29) is 23.7 Å². The van der Waals surface area contributed by atoms with E-state index >= 15 is 0 Å². The van der Waals surface area contributed by atoms with Crippen LogP contribution in [0.1, 0.15) is 41.6 Å². The van der Waals surface area contributed by atoms with Crippen molar-refractivity contribution in [1.29, 1.82) is 5.26 Å². The summed E-state index contributed by atoms with van der Waals surface area (Å²) in [5.74, 6) is -0.277. The Balaban J connectivity index is 1.15. The molecule has 8 nitrogen and oxygen atoms in total. The number of nitriles is 1. The van der Waals surface area contributed by atoms with Crippen LogP contribution in [0.5, 0.6) is 0 Å². The fraction of sp³-hybridized carbons (Fsp3) is 0.419. The van der Waals surface area contributed by atoms with Gasteiger partial charge in [-0.2, -0.15) is 5.26 Å². The maximum absolute atomic E-state index is 13.3. The van der Waals surface area contributed by atoms with E-state index in [9.17, 15) is 9.59 Å². The molecular formula is C31H36N6O2. The highest BCUT2D eigenvalue weighted by molar-refractivity contribution is 5.83. The largest absolute Gasteiger partial charge is 0.355 e. The van der Waals surface area contributed by atoms with Gasteiger partial charge >= 0.3 is 0 Å². The van der Waals surface area contributed by atoms with Crippen molar-refractivity contribution in [3.05, 3.63) is 89.5 Å². The number of piperidine rings is 1. The van der Waals surface area contributed by atoms with Crippen LogP contribution in [0.4, 0.5) is 0 Å². The van der Waals surface area contributed by atoms with E-state index in [4.69, 9.17) is 5.26 Å². The molecule has 2 fully saturated rings. The first-order chi connectivity index (χ1) is 19.1. The number of carbonyl (C=O) groups is 2. The summed E-state index contributed by atoms with van der Waals surface area (Å²) < 4.78 is 2.07. The molecule has 1 aliphatic heterocycles. The number of aromatic nitrogens is 2. The summed E-state index contributed by atoms with van der Waals surface area (Å²) in [4.78, 5) is 32.8. The van der Waals surface area contributed by atoms with Crippen molar-refractivity contribution in [3.63, 3.8) is 0 Å². The van der Waals surface area contributed by atoms with Gasteiger partial charge in [0.1, 0.15) is 0 Å². The molecule has 0 radical (unpaired) electrons. The fourth-order valence-corrected chi connectivity index (χ4v) is 5.27. The molecule has 1 saturated carbocycles. The Morgan fingerprint density at radius 3 is 2.41 bits per heavy atom. The lowest BCUT2D eigenvalue weighted by molar-refractivity contribution is -0.132. The van der Waals surface area contributed by atoms with Crippen molar-refractivity contribution in [2.45, 2.75) is 44.7 Å². The average molecular weight is 525 g/mol. The van der Waals surface area contributed by atoms with Gasteiger partial charge in [-0.3, -0.25) is 9.59 Å². The van der Waals surface area contributed by atoms with Crippen molar-refractivity contribution in [2.75, 3.05) is 26.2 Å². The number of amides is 2. The van der Waals surface area contributed by atoms with E-state index in [1.807, 2.05) is 48.7 Å². The molecule has 2 aliphatic rings. The van der Waals surface area contributed by atoms with E-state index in [0.717, 1.165) is 37.1 Å². The molecule has 0 unspecified atom stereocenters. The van der Waals surface area contributed by atoms with Crippen molar-refractivity contribution in [3.8, 4) is 6.07 Å². The van der Waals surface area contributed by atoms with Crippen LogP contribution in [-0.2, 0) is 29.0 Å². The number of rotatable bonds is 11. The molecule has 202 valence electrons. The predicted octanol–water partition coefficient (Wildman–Crippen LogP) is 2.92. The first-order valence-corrected chi connectivity index (χ1v) is 13.9. The van der Waals surface area contributed by atoms with Crippen LogP contribution in [0.2, 0.25) is 0 Å². The maximum Gasteiger partial charge on any atom is 0.224 e. The Hall–Kier alpha value is -3.96. The quantitative estimate of drug-likeness (QED) is 0.402. The first-order valence-electron chi connectivity index (χ1n) is 13.9. The molecule has 3 aromatic rings. The predicted molar refractivity (Wildman–Crippen MR) is 149 cm³/mol. The Labute approximate surface area is 230 Å². The summed E-state index contributed by atoms with van der Waals surface area (Å²) in [5.41, 5.74) is 4.03. The average Bonchev–Trinajstić information content (AvgIpc) is 3.69. The van der Waals surface area contributed by atoms with Gasteiger partial charge in [-0.05, 0) is 48.9 Å². The van der Waals surface area contributed by atoms with Crippen LogP contribution in [0.3, 0.4) is 0 Å². The topological polar surface area (TPSA) is 103 Å². The molecule has 8 heteroatoms. The third-order valence-corrected chi connectivity index (χ3v) is 7.67. The molecule has 1 saturated heterocycles. The molecule has 1 aliphatic carbocycles. The van der Waals surface area contributed by atoms with Gasteiger partial charge in [0.2, 0.25) is 11.8 Å². The maximum atomic E-state index is 13.3. The third kappa shape index (κ3) is 7.55. The number of nitrogens with one attached hydrogen (secondary N) is 2. The van der Waals surface area contributed by atoms with E-state index < -0.39 is 0 Å². The highest BCUT2D eigenvalue weighted by Gasteiger charge is 2.36. The molecule has 2 aromatic carbocycles. The number of hydrogen-bond acceptors (Lipinski definition) is 5. The minimum Gasteiger partial charge on any atom is -0.355 e. The number of imidazole rings is 1. The second-order valence-corrected chi connectivity index (χ2v) is 10.8. The van der Waals surface area contributed by atoms with E-state index in [1.165, 1.54) is 5.56 Å². The molecule has 2 N–H and O–H groups in total. The summed E-state index contributed by atoms with van der Waals surface area (Å²) in [6, 6.07) is 20.3. The summed E-state index contributed by atoms with van der Waals surface area (Å²) in [7, 11) is 0. The van der Waals surface area contributed by atoms with Crippen molar-refractivity contribution in [1.82, 2.24) is 25.1 Å². The molecule has 0 bridgehead atoms. The van der Waals surface area contributed by atoms with Gasteiger partial charge in [-0.1, -0.05) is 42.5 Å². The van der Waals surface area contributed by atoms with Crippen LogP contribution in [-0.4, -0.2) is 58.5 Å². The summed E-state index contributed by atoms with van der Waals surface area (Å²) >= 11 is 0. The molecular weight excluding hydrogens is 488 g/mol. The smallest absolute Gasteiger partial charge is 0.224 e. The molecule has 1 aromatic heterocycles. The lowest BCUT2D eigenvalue weighted by Gasteiger charge is -2.36. The van der Waals surface area contributed by atoms with Crippen LogP contribution >= 0.6 is 0 Å². The highest BCUT2D eigenvalue weighted by atomic mass is 16.2. The van der Waals surface area contributed by atoms with Gasteiger partial charge in [-0.15, -0.1) is 0 Å². The molecule has 5 rings (SSSR count). The normalized spacial score (nSPS) is 19.3. The number of benzene rings is 2.